The van der Waals surface area contributed by atoms with Gasteiger partial charge in [-0.1, -0.05) is 52.0 Å². The largest absolute Gasteiger partial charge is 1.00 e. The third-order valence-corrected chi connectivity index (χ3v) is 7.75. The lowest BCUT2D eigenvalue weighted by atomic mass is 9.97. The maximum atomic E-state index is 12.9. The molecular formula is C32H40ClN3O2. The predicted molar refractivity (Wildman–Crippen MR) is 148 cm³/mol. The van der Waals surface area contributed by atoms with Gasteiger partial charge in [0.25, 0.3) is 11.8 Å². The van der Waals surface area contributed by atoms with Crippen molar-refractivity contribution in [2.45, 2.75) is 85.9 Å². The van der Waals surface area contributed by atoms with Crippen LogP contribution in [0.15, 0.2) is 48.5 Å². The molecule has 4 rings (SSSR count). The van der Waals surface area contributed by atoms with E-state index in [9.17, 15) is 9.59 Å². The van der Waals surface area contributed by atoms with Crippen LogP contribution in [0.4, 0.5) is 0 Å². The molecule has 5 nitrogen and oxygen atoms in total. The van der Waals surface area contributed by atoms with Gasteiger partial charge in [0.2, 0.25) is 0 Å². The van der Waals surface area contributed by atoms with Crippen molar-refractivity contribution in [1.29, 1.82) is 0 Å². The van der Waals surface area contributed by atoms with E-state index in [1.54, 1.807) is 0 Å². The predicted octanol–water partition coefficient (Wildman–Crippen LogP) is 2.65. The van der Waals surface area contributed by atoms with Crippen LogP contribution < -0.4 is 27.6 Å². The number of hydrogen-bond donors (Lipinski definition) is 2. The fourth-order valence-electron chi connectivity index (χ4n) is 5.27. The molecule has 1 aliphatic heterocycles. The highest BCUT2D eigenvalue weighted by molar-refractivity contribution is 5.94. The molecule has 0 bridgehead atoms. The zero-order valence-electron chi connectivity index (χ0n) is 23.5. The highest BCUT2D eigenvalue weighted by atomic mass is 35.5. The fraction of sp³-hybridized carbons (Fsp3) is 0.406. The number of benzene rings is 2. The number of nitrogens with one attached hydrogen (secondary N) is 2. The van der Waals surface area contributed by atoms with Crippen molar-refractivity contribution in [3.05, 3.63) is 98.9 Å². The third-order valence-electron chi connectivity index (χ3n) is 7.75. The van der Waals surface area contributed by atoms with Gasteiger partial charge in [0.05, 0.1) is 0 Å². The number of halogens is 1. The first-order chi connectivity index (χ1) is 17.7. The summed E-state index contributed by atoms with van der Waals surface area (Å²) in [5, 5.41) is 6.28. The second kappa shape index (κ2) is 12.6. The van der Waals surface area contributed by atoms with Gasteiger partial charge in [0, 0.05) is 55.1 Å². The lowest BCUT2D eigenvalue weighted by molar-refractivity contribution is -0.697. The summed E-state index contributed by atoms with van der Waals surface area (Å²) in [7, 11) is 0. The number of nitrogens with zero attached hydrogens (tertiary/aromatic N) is 1. The van der Waals surface area contributed by atoms with Gasteiger partial charge in [-0.15, -0.1) is 0 Å². The maximum absolute atomic E-state index is 12.9. The Morgan fingerprint density at radius 1 is 0.763 bits per heavy atom. The Labute approximate surface area is 233 Å². The first-order valence-electron chi connectivity index (χ1n) is 13.5. The summed E-state index contributed by atoms with van der Waals surface area (Å²) in [5.74, 6) is 0.737. The van der Waals surface area contributed by atoms with Crippen molar-refractivity contribution >= 4 is 11.8 Å². The molecule has 2 amide bonds. The number of pyridine rings is 1. The van der Waals surface area contributed by atoms with Crippen LogP contribution in [0.2, 0.25) is 0 Å². The van der Waals surface area contributed by atoms with E-state index in [0.29, 0.717) is 36.1 Å². The van der Waals surface area contributed by atoms with Crippen molar-refractivity contribution < 1.29 is 26.6 Å². The monoisotopic (exact) mass is 533 g/mol. The number of carbonyl (C=O) groups excluding carboxylic acids is 2. The van der Waals surface area contributed by atoms with Crippen molar-refractivity contribution in [2.75, 3.05) is 0 Å². The smallest absolute Gasteiger partial charge is 0.251 e. The van der Waals surface area contributed by atoms with E-state index < -0.39 is 0 Å². The molecule has 2 N–H and O–H groups in total. The third kappa shape index (κ3) is 6.27. The number of hydrogen-bond acceptors (Lipinski definition) is 2. The first kappa shape index (κ1) is 29.4. The molecule has 1 aliphatic rings. The Hall–Kier alpha value is -3.18. The van der Waals surface area contributed by atoms with Crippen LogP contribution in [0.1, 0.15) is 106 Å². The zero-order chi connectivity index (χ0) is 26.7. The quantitative estimate of drug-likeness (QED) is 0.437. The van der Waals surface area contributed by atoms with Crippen LogP contribution in [0.3, 0.4) is 0 Å². The zero-order valence-corrected chi connectivity index (χ0v) is 24.2. The second-order valence-electron chi connectivity index (χ2n) is 10.8. The Morgan fingerprint density at radius 3 is 1.66 bits per heavy atom. The molecule has 3 aromatic rings. The summed E-state index contributed by atoms with van der Waals surface area (Å²) in [6.07, 6.45) is 2.10. The Kier molecular flexibility index (Phi) is 9.72. The van der Waals surface area contributed by atoms with Gasteiger partial charge >= 0.3 is 0 Å². The highest BCUT2D eigenvalue weighted by Crippen LogP contribution is 2.24. The molecule has 2 heterocycles. The average Bonchev–Trinajstić information content (AvgIpc) is 3.38. The normalized spacial score (nSPS) is 12.3. The van der Waals surface area contributed by atoms with Gasteiger partial charge < -0.3 is 23.0 Å². The van der Waals surface area contributed by atoms with E-state index in [4.69, 9.17) is 0 Å². The maximum Gasteiger partial charge on any atom is 0.251 e. The number of rotatable bonds is 8. The average molecular weight is 534 g/mol. The van der Waals surface area contributed by atoms with E-state index in [2.05, 4.69) is 56.7 Å². The minimum absolute atomic E-state index is 0. The number of amides is 2. The molecule has 0 saturated heterocycles. The number of fused-ring (bicyclic) bond motifs is 1. The van der Waals surface area contributed by atoms with E-state index in [1.165, 1.54) is 28.1 Å². The van der Waals surface area contributed by atoms with Crippen LogP contribution in [-0.2, 0) is 26.1 Å². The molecule has 6 heteroatoms. The summed E-state index contributed by atoms with van der Waals surface area (Å²) in [6.45, 7) is 14.7. The Bertz CT molecular complexity index is 1300. The van der Waals surface area contributed by atoms with Gasteiger partial charge in [-0.3, -0.25) is 9.59 Å². The Morgan fingerprint density at radius 2 is 1.21 bits per heavy atom. The number of aromatic nitrogens is 1. The van der Waals surface area contributed by atoms with Gasteiger partial charge in [0.15, 0.2) is 11.4 Å². The van der Waals surface area contributed by atoms with Crippen molar-refractivity contribution in [3.63, 3.8) is 0 Å². The Balaban J connectivity index is 0.00000400. The molecule has 0 atom stereocenters. The van der Waals surface area contributed by atoms with E-state index >= 15 is 0 Å². The number of carbonyl (C=O) groups is 2. The highest BCUT2D eigenvalue weighted by Gasteiger charge is 2.30. The van der Waals surface area contributed by atoms with E-state index in [0.717, 1.165) is 30.5 Å². The van der Waals surface area contributed by atoms with Gasteiger partial charge in [0.1, 0.15) is 6.54 Å². The molecule has 2 aromatic carbocycles. The SMILES string of the molecule is Cc1c(CNC(=O)c2ccc(C(C)C)cc2)c(C)[n+]2c(c1CNC(=O)c1ccc(C(C)C)cc1)CCC2.[Cl-]. The standard InChI is InChI=1S/C32H39N3O2.ClH/c1-20(2)24-9-13-26(14-10-24)31(36)33-18-28-22(5)29(30-8-7-17-35(30)23(28)6)19-34-32(37)27-15-11-25(12-16-27)21(3)4;/h9-16,20-21H,7-8,17-19H2,1-6H3,(H-,33,34,36,37);1H. The molecule has 1 aromatic heterocycles. The minimum Gasteiger partial charge on any atom is -1.00 e. The second-order valence-corrected chi connectivity index (χ2v) is 10.8. The van der Waals surface area contributed by atoms with Gasteiger partial charge in [-0.2, -0.15) is 4.57 Å². The summed E-state index contributed by atoms with van der Waals surface area (Å²) in [5.41, 5.74) is 9.73. The van der Waals surface area contributed by atoms with Gasteiger partial charge in [-0.25, -0.2) is 0 Å². The van der Waals surface area contributed by atoms with Crippen molar-refractivity contribution in [3.8, 4) is 0 Å². The molecule has 38 heavy (non-hydrogen) atoms. The topological polar surface area (TPSA) is 62.1 Å². The van der Waals surface area contributed by atoms with Crippen LogP contribution in [0, 0.1) is 13.8 Å². The molecule has 0 aliphatic carbocycles. The molecular weight excluding hydrogens is 494 g/mol. The van der Waals surface area contributed by atoms with Crippen LogP contribution in [-0.4, -0.2) is 11.8 Å². The van der Waals surface area contributed by atoms with Crippen LogP contribution in [0.25, 0.3) is 0 Å². The van der Waals surface area contributed by atoms with Crippen LogP contribution in [0.5, 0.6) is 0 Å². The summed E-state index contributed by atoms with van der Waals surface area (Å²) < 4.78 is 2.37. The first-order valence-corrected chi connectivity index (χ1v) is 13.5. The minimum atomic E-state index is -0.0701. The van der Waals surface area contributed by atoms with E-state index in [-0.39, 0.29) is 24.2 Å². The molecule has 0 radical (unpaired) electrons. The molecule has 0 saturated carbocycles. The molecule has 0 fully saturated rings. The molecule has 0 unspecified atom stereocenters. The summed E-state index contributed by atoms with van der Waals surface area (Å²) in [6, 6.07) is 15.7. The summed E-state index contributed by atoms with van der Waals surface area (Å²) >= 11 is 0. The lowest BCUT2D eigenvalue weighted by Crippen LogP contribution is -3.00. The fourth-order valence-corrected chi connectivity index (χ4v) is 5.27. The molecule has 202 valence electrons. The van der Waals surface area contributed by atoms with Crippen molar-refractivity contribution in [2.24, 2.45) is 0 Å². The van der Waals surface area contributed by atoms with E-state index in [1.807, 2.05) is 48.5 Å². The van der Waals surface area contributed by atoms with Gasteiger partial charge in [-0.05, 0) is 59.7 Å². The van der Waals surface area contributed by atoms with Crippen LogP contribution >= 0.6 is 0 Å². The van der Waals surface area contributed by atoms with Crippen molar-refractivity contribution in [1.82, 2.24) is 10.6 Å². The lowest BCUT2D eigenvalue weighted by Gasteiger charge is -2.17. The summed E-state index contributed by atoms with van der Waals surface area (Å²) in [4.78, 5) is 25.8. The molecule has 0 spiro atoms.